The average molecular weight is 317 g/mol. The maximum absolute atomic E-state index is 5.52. The van der Waals surface area contributed by atoms with E-state index < -0.39 is 0 Å². The summed E-state index contributed by atoms with van der Waals surface area (Å²) in [6, 6.07) is 8.78. The second-order valence-corrected chi connectivity index (χ2v) is 8.47. The van der Waals surface area contributed by atoms with Crippen molar-refractivity contribution in [2.75, 3.05) is 24.6 Å². The topological polar surface area (TPSA) is 52.0 Å². The Labute approximate surface area is 124 Å². The lowest BCUT2D eigenvalue weighted by atomic mass is 10.4. The van der Waals surface area contributed by atoms with Gasteiger partial charge in [-0.05, 0) is 24.3 Å². The Bertz CT molecular complexity index is 434. The minimum Gasteiger partial charge on any atom is -0.330 e. The lowest BCUT2D eigenvalue weighted by Gasteiger charge is -1.94. The number of hydrogen-bond acceptors (Lipinski definition) is 6. The third-order valence-corrected chi connectivity index (χ3v) is 7.01. The lowest BCUT2D eigenvalue weighted by molar-refractivity contribution is 1.15. The molecule has 0 aliphatic rings. The Morgan fingerprint density at radius 1 is 0.778 bits per heavy atom. The van der Waals surface area contributed by atoms with Crippen LogP contribution >= 0.6 is 46.2 Å². The smallest absolute Gasteiger partial charge is 0.0605 e. The van der Waals surface area contributed by atoms with Gasteiger partial charge in [-0.3, -0.25) is 0 Å². The molecule has 0 unspecified atom stereocenters. The molecule has 0 bridgehead atoms. The van der Waals surface area contributed by atoms with Gasteiger partial charge in [0.05, 0.1) is 8.42 Å². The largest absolute Gasteiger partial charge is 0.330 e. The molecule has 4 N–H and O–H groups in total. The third kappa shape index (κ3) is 4.01. The van der Waals surface area contributed by atoms with Crippen molar-refractivity contribution in [2.24, 2.45) is 11.5 Å². The van der Waals surface area contributed by atoms with Crippen molar-refractivity contribution in [2.45, 2.75) is 8.42 Å². The van der Waals surface area contributed by atoms with E-state index in [2.05, 4.69) is 24.3 Å². The molecule has 2 nitrogen and oxygen atoms in total. The Kier molecular flexibility index (Phi) is 6.07. The summed E-state index contributed by atoms with van der Waals surface area (Å²) in [5.74, 6) is 1.98. The Morgan fingerprint density at radius 3 is 1.61 bits per heavy atom. The van der Waals surface area contributed by atoms with Crippen molar-refractivity contribution in [3.05, 3.63) is 24.3 Å². The van der Waals surface area contributed by atoms with E-state index in [4.69, 9.17) is 11.5 Å². The maximum Gasteiger partial charge on any atom is 0.0605 e. The Hall–Kier alpha value is 0.0200. The van der Waals surface area contributed by atoms with Crippen LogP contribution in [0, 0.1) is 0 Å². The van der Waals surface area contributed by atoms with Gasteiger partial charge in [-0.15, -0.1) is 46.2 Å². The maximum atomic E-state index is 5.52. The summed E-state index contributed by atoms with van der Waals surface area (Å²) in [5.41, 5.74) is 11.0. The van der Waals surface area contributed by atoms with Crippen LogP contribution in [0.1, 0.15) is 0 Å². The average Bonchev–Trinajstić information content (AvgIpc) is 3.02. The van der Waals surface area contributed by atoms with Crippen molar-refractivity contribution >= 4 is 46.2 Å². The highest BCUT2D eigenvalue weighted by Crippen LogP contribution is 2.39. The van der Waals surface area contributed by atoms with Gasteiger partial charge in [0.2, 0.25) is 0 Å². The second-order valence-electron chi connectivity index (χ2n) is 3.51. The number of thioether (sulfide) groups is 2. The second kappa shape index (κ2) is 7.57. The fourth-order valence-corrected chi connectivity index (χ4v) is 5.42. The van der Waals surface area contributed by atoms with Crippen LogP contribution in [-0.4, -0.2) is 24.6 Å². The van der Waals surface area contributed by atoms with Crippen molar-refractivity contribution in [1.29, 1.82) is 0 Å². The fourth-order valence-electron chi connectivity index (χ4n) is 1.38. The summed E-state index contributed by atoms with van der Waals surface area (Å²) in [6.07, 6.45) is 0. The molecule has 0 saturated carbocycles. The predicted molar refractivity (Wildman–Crippen MR) is 87.2 cm³/mol. The minimum absolute atomic E-state index is 0.733. The molecule has 0 amide bonds. The van der Waals surface area contributed by atoms with Gasteiger partial charge in [0.15, 0.2) is 0 Å². The zero-order valence-electron chi connectivity index (χ0n) is 9.93. The van der Waals surface area contributed by atoms with E-state index in [0.717, 1.165) is 24.6 Å². The van der Waals surface area contributed by atoms with E-state index in [0.29, 0.717) is 0 Å². The zero-order chi connectivity index (χ0) is 12.8. The molecule has 2 rings (SSSR count). The van der Waals surface area contributed by atoms with Crippen molar-refractivity contribution in [1.82, 2.24) is 0 Å². The molecule has 0 aliphatic carbocycles. The van der Waals surface area contributed by atoms with Gasteiger partial charge >= 0.3 is 0 Å². The fraction of sp³-hybridized carbons (Fsp3) is 0.333. The Balaban J connectivity index is 2.01. The molecule has 98 valence electrons. The molecule has 0 saturated heterocycles. The summed E-state index contributed by atoms with van der Waals surface area (Å²) in [6.45, 7) is 1.47. The summed E-state index contributed by atoms with van der Waals surface area (Å²) < 4.78 is 2.69. The molecule has 6 heteroatoms. The molecule has 0 atom stereocenters. The lowest BCUT2D eigenvalue weighted by Crippen LogP contribution is -2.00. The molecule has 0 spiro atoms. The number of rotatable bonds is 7. The molecular weight excluding hydrogens is 300 g/mol. The monoisotopic (exact) mass is 316 g/mol. The van der Waals surface area contributed by atoms with Gasteiger partial charge in [-0.25, -0.2) is 0 Å². The molecule has 2 aromatic rings. The quantitative estimate of drug-likeness (QED) is 0.767. The van der Waals surface area contributed by atoms with E-state index in [-0.39, 0.29) is 0 Å². The SMILES string of the molecule is NCCSc1ccc(-c2ccc(SCCN)s2)s1. The van der Waals surface area contributed by atoms with Crippen LogP contribution in [0.3, 0.4) is 0 Å². The van der Waals surface area contributed by atoms with Gasteiger partial charge in [0, 0.05) is 34.3 Å². The first-order chi connectivity index (χ1) is 8.83. The molecule has 0 radical (unpaired) electrons. The first-order valence-electron chi connectivity index (χ1n) is 5.69. The van der Waals surface area contributed by atoms with Gasteiger partial charge in [-0.2, -0.15) is 0 Å². The minimum atomic E-state index is 0.733. The molecular formula is C12H16N2S4. The highest BCUT2D eigenvalue weighted by atomic mass is 32.2. The molecule has 0 aromatic carbocycles. The van der Waals surface area contributed by atoms with E-state index in [1.807, 2.05) is 46.2 Å². The van der Waals surface area contributed by atoms with Crippen LogP contribution in [0.15, 0.2) is 32.7 Å². The first kappa shape index (κ1) is 14.4. The van der Waals surface area contributed by atoms with Gasteiger partial charge in [-0.1, -0.05) is 0 Å². The van der Waals surface area contributed by atoms with Crippen LogP contribution in [-0.2, 0) is 0 Å². The summed E-state index contributed by atoms with van der Waals surface area (Å²) in [7, 11) is 0. The van der Waals surface area contributed by atoms with Crippen LogP contribution in [0.5, 0.6) is 0 Å². The van der Waals surface area contributed by atoms with Crippen molar-refractivity contribution in [3.8, 4) is 9.75 Å². The molecule has 18 heavy (non-hydrogen) atoms. The van der Waals surface area contributed by atoms with E-state index in [1.54, 1.807) is 0 Å². The number of nitrogens with two attached hydrogens (primary N) is 2. The van der Waals surface area contributed by atoms with Crippen LogP contribution in [0.4, 0.5) is 0 Å². The van der Waals surface area contributed by atoms with E-state index >= 15 is 0 Å². The standard InChI is InChI=1S/C12H16N2S4/c13-5-7-15-11-3-1-9(17-11)10-2-4-12(18-10)16-8-6-14/h1-4H,5-8,13-14H2. The summed E-state index contributed by atoms with van der Waals surface area (Å²) in [4.78, 5) is 2.69. The van der Waals surface area contributed by atoms with Gasteiger partial charge in [0.25, 0.3) is 0 Å². The Morgan fingerprint density at radius 2 is 1.22 bits per heavy atom. The van der Waals surface area contributed by atoms with Crippen molar-refractivity contribution in [3.63, 3.8) is 0 Å². The van der Waals surface area contributed by atoms with Crippen LogP contribution in [0.2, 0.25) is 0 Å². The van der Waals surface area contributed by atoms with Crippen molar-refractivity contribution < 1.29 is 0 Å². The molecule has 0 aliphatic heterocycles. The van der Waals surface area contributed by atoms with E-state index in [1.165, 1.54) is 18.2 Å². The van der Waals surface area contributed by atoms with Gasteiger partial charge < -0.3 is 11.5 Å². The number of hydrogen-bond donors (Lipinski definition) is 2. The predicted octanol–water partition coefficient (Wildman–Crippen LogP) is 3.58. The zero-order valence-corrected chi connectivity index (χ0v) is 13.2. The third-order valence-electron chi connectivity index (χ3n) is 2.13. The van der Waals surface area contributed by atoms with E-state index in [9.17, 15) is 0 Å². The molecule has 0 fully saturated rings. The van der Waals surface area contributed by atoms with Gasteiger partial charge in [0.1, 0.15) is 0 Å². The molecule has 2 heterocycles. The highest BCUT2D eigenvalue weighted by molar-refractivity contribution is 8.01. The summed E-state index contributed by atoms with van der Waals surface area (Å²) in [5, 5.41) is 0. The molecule has 2 aromatic heterocycles. The first-order valence-corrected chi connectivity index (χ1v) is 9.29. The normalized spacial score (nSPS) is 11.0. The number of thiophene rings is 2. The van der Waals surface area contributed by atoms with Crippen LogP contribution < -0.4 is 11.5 Å². The highest BCUT2D eigenvalue weighted by Gasteiger charge is 2.06. The van der Waals surface area contributed by atoms with Crippen LogP contribution in [0.25, 0.3) is 9.75 Å². The summed E-state index contributed by atoms with van der Waals surface area (Å²) >= 11 is 7.36.